The number of halogens is 3. The number of nitrogens with one attached hydrogen (secondary N) is 4. The Morgan fingerprint density at radius 1 is 1.28 bits per heavy atom. The number of likely N-dealkylation sites (tertiary alicyclic amines) is 1. The number of imidazole rings is 1. The summed E-state index contributed by atoms with van der Waals surface area (Å²) in [4.78, 5) is 30.2. The van der Waals surface area contributed by atoms with Crippen LogP contribution in [0.1, 0.15) is 12.5 Å². The summed E-state index contributed by atoms with van der Waals surface area (Å²) < 4.78 is 38.5. The molecular weight excluding hydrogens is 515 g/mol. The highest BCUT2D eigenvalue weighted by atomic mass is 19.4. The van der Waals surface area contributed by atoms with E-state index >= 15 is 0 Å². The number of aromatic nitrogens is 3. The molecule has 1 aliphatic heterocycles. The van der Waals surface area contributed by atoms with Crippen LogP contribution >= 0.6 is 0 Å². The van der Waals surface area contributed by atoms with Crippen LogP contribution in [-0.2, 0) is 4.79 Å². The number of hydrogen-bond donors (Lipinski definition) is 4. The van der Waals surface area contributed by atoms with Gasteiger partial charge in [0.15, 0.2) is 5.65 Å². The van der Waals surface area contributed by atoms with Gasteiger partial charge in [-0.2, -0.15) is 23.5 Å². The molecule has 3 aromatic rings. The number of nitriles is 1. The zero-order valence-corrected chi connectivity index (χ0v) is 20.7. The van der Waals surface area contributed by atoms with Crippen molar-refractivity contribution in [3.8, 4) is 17.3 Å². The second-order valence-electron chi connectivity index (χ2n) is 8.86. The van der Waals surface area contributed by atoms with E-state index in [4.69, 9.17) is 10.7 Å². The van der Waals surface area contributed by atoms with E-state index in [9.17, 15) is 22.8 Å². The smallest absolute Gasteiger partial charge is 0.379 e. The summed E-state index contributed by atoms with van der Waals surface area (Å²) in [5.41, 5.74) is 2.96. The molecule has 1 unspecified atom stereocenters. The number of carbonyl (C=O) groups excluding carboxylic acids is 2. The maximum atomic E-state index is 12.5. The van der Waals surface area contributed by atoms with E-state index in [1.54, 1.807) is 58.3 Å². The topological polar surface area (TPSA) is 151 Å². The van der Waals surface area contributed by atoms with Crippen molar-refractivity contribution in [3.05, 3.63) is 54.5 Å². The summed E-state index contributed by atoms with van der Waals surface area (Å²) in [6, 6.07) is 8.78. The highest BCUT2D eigenvalue weighted by Gasteiger charge is 2.32. The van der Waals surface area contributed by atoms with Crippen LogP contribution in [0.5, 0.6) is 0 Å². The first-order valence-corrected chi connectivity index (χ1v) is 11.8. The molecular formula is C25H24F3N9O2. The van der Waals surface area contributed by atoms with Gasteiger partial charge in [0.1, 0.15) is 12.6 Å². The van der Waals surface area contributed by atoms with Crippen molar-refractivity contribution in [1.29, 1.82) is 10.7 Å². The standard InChI is InChI=1S/C25H24F3N9O2/c1-15(23(38)36-12-16(7-29)13-36)31-9-19(8-30)18-6-22-32-11-21(37(22)34-10-18)17-3-2-4-20(5-17)35-24(39)33-14-25(26,27)28/h2-6,8-11,15-16,30-31H,12-14H2,1H3,(H2,33,35,39)/b19-9+,30-8?. The van der Waals surface area contributed by atoms with Crippen LogP contribution in [0.15, 0.2) is 48.9 Å². The lowest BCUT2D eigenvalue weighted by Crippen LogP contribution is -2.54. The zero-order chi connectivity index (χ0) is 28.2. The number of benzene rings is 1. The molecule has 1 aliphatic rings. The number of hydrogen-bond acceptors (Lipinski definition) is 7. The van der Waals surface area contributed by atoms with Gasteiger partial charge in [0.25, 0.3) is 0 Å². The van der Waals surface area contributed by atoms with E-state index < -0.39 is 24.8 Å². The van der Waals surface area contributed by atoms with Gasteiger partial charge in [-0.15, -0.1) is 0 Å². The Bertz CT molecular complexity index is 1470. The predicted octanol–water partition coefficient (Wildman–Crippen LogP) is 3.03. The molecule has 1 atom stereocenters. The second kappa shape index (κ2) is 11.2. The van der Waals surface area contributed by atoms with Crippen LogP contribution < -0.4 is 16.0 Å². The molecule has 3 heterocycles. The molecule has 1 saturated heterocycles. The summed E-state index contributed by atoms with van der Waals surface area (Å²) in [6.07, 6.45) is 1.24. The highest BCUT2D eigenvalue weighted by molar-refractivity contribution is 6.08. The number of anilines is 1. The Hall–Kier alpha value is -4.93. The number of fused-ring (bicyclic) bond motifs is 1. The zero-order valence-electron chi connectivity index (χ0n) is 20.7. The largest absolute Gasteiger partial charge is 0.405 e. The fourth-order valence-electron chi connectivity index (χ4n) is 3.85. The third-order valence-corrected chi connectivity index (χ3v) is 5.95. The first-order chi connectivity index (χ1) is 18.6. The van der Waals surface area contributed by atoms with Crippen LogP contribution in [0, 0.1) is 22.7 Å². The minimum absolute atomic E-state index is 0.132. The summed E-state index contributed by atoms with van der Waals surface area (Å²) in [5, 5.41) is 28.2. The third-order valence-electron chi connectivity index (χ3n) is 5.95. The molecule has 0 aliphatic carbocycles. The lowest BCUT2D eigenvalue weighted by Gasteiger charge is -2.37. The van der Waals surface area contributed by atoms with Crippen LogP contribution in [0.4, 0.5) is 23.7 Å². The molecule has 0 spiro atoms. The van der Waals surface area contributed by atoms with Gasteiger partial charge < -0.3 is 26.3 Å². The molecule has 2 aromatic heterocycles. The number of carbonyl (C=O) groups is 2. The number of alkyl halides is 3. The molecule has 0 saturated carbocycles. The van der Waals surface area contributed by atoms with Crippen molar-refractivity contribution in [1.82, 2.24) is 30.1 Å². The Balaban J connectivity index is 1.46. The summed E-state index contributed by atoms with van der Waals surface area (Å²) >= 11 is 0. The van der Waals surface area contributed by atoms with Gasteiger partial charge in [-0.05, 0) is 25.1 Å². The molecule has 11 nitrogen and oxygen atoms in total. The number of urea groups is 1. The average molecular weight is 540 g/mol. The maximum Gasteiger partial charge on any atom is 0.405 e. The van der Waals surface area contributed by atoms with Crippen LogP contribution in [0.3, 0.4) is 0 Å². The van der Waals surface area contributed by atoms with Crippen molar-refractivity contribution >= 4 is 35.1 Å². The summed E-state index contributed by atoms with van der Waals surface area (Å²) in [6.45, 7) is 1.08. The summed E-state index contributed by atoms with van der Waals surface area (Å²) in [5.74, 6) is -0.268. The van der Waals surface area contributed by atoms with E-state index in [1.165, 1.54) is 12.3 Å². The van der Waals surface area contributed by atoms with Gasteiger partial charge in [-0.1, -0.05) is 12.1 Å². The monoisotopic (exact) mass is 539 g/mol. The quantitative estimate of drug-likeness (QED) is 0.323. The number of allylic oxidation sites excluding steroid dienone is 1. The second-order valence-corrected chi connectivity index (χ2v) is 8.86. The Labute approximate surface area is 220 Å². The normalized spacial score (nSPS) is 14.7. The van der Waals surface area contributed by atoms with E-state index in [1.807, 2.05) is 0 Å². The minimum Gasteiger partial charge on any atom is -0.379 e. The molecule has 0 radical (unpaired) electrons. The maximum absolute atomic E-state index is 12.5. The number of rotatable bonds is 8. The Morgan fingerprint density at radius 3 is 2.74 bits per heavy atom. The van der Waals surface area contributed by atoms with Gasteiger partial charge >= 0.3 is 12.2 Å². The fourth-order valence-corrected chi connectivity index (χ4v) is 3.85. The average Bonchev–Trinajstić information content (AvgIpc) is 3.30. The van der Waals surface area contributed by atoms with Crippen molar-refractivity contribution in [2.45, 2.75) is 19.1 Å². The van der Waals surface area contributed by atoms with Gasteiger partial charge in [0.05, 0.1) is 30.1 Å². The first-order valence-electron chi connectivity index (χ1n) is 11.8. The molecule has 4 N–H and O–H groups in total. The van der Waals surface area contributed by atoms with E-state index in [0.717, 1.165) is 6.21 Å². The van der Waals surface area contributed by atoms with Crippen molar-refractivity contribution < 1.29 is 22.8 Å². The van der Waals surface area contributed by atoms with E-state index in [-0.39, 0.29) is 17.5 Å². The minimum atomic E-state index is -4.52. The number of nitrogens with zero attached hydrogens (tertiary/aromatic N) is 5. The molecule has 3 amide bonds. The van der Waals surface area contributed by atoms with E-state index in [0.29, 0.717) is 41.1 Å². The van der Waals surface area contributed by atoms with Crippen LogP contribution in [-0.4, -0.2) is 69.5 Å². The van der Waals surface area contributed by atoms with Crippen LogP contribution in [0.25, 0.3) is 22.5 Å². The summed E-state index contributed by atoms with van der Waals surface area (Å²) in [7, 11) is 0. The van der Waals surface area contributed by atoms with Gasteiger partial charge in [0.2, 0.25) is 5.91 Å². The first kappa shape index (κ1) is 27.1. The van der Waals surface area contributed by atoms with Crippen molar-refractivity contribution in [3.63, 3.8) is 0 Å². The van der Waals surface area contributed by atoms with Crippen molar-refractivity contribution in [2.24, 2.45) is 5.92 Å². The molecule has 1 fully saturated rings. The Morgan fingerprint density at radius 2 is 2.05 bits per heavy atom. The number of amides is 3. The highest BCUT2D eigenvalue weighted by Crippen LogP contribution is 2.24. The van der Waals surface area contributed by atoms with Gasteiger partial charge in [0, 0.05) is 47.9 Å². The van der Waals surface area contributed by atoms with Crippen LogP contribution in [0.2, 0.25) is 0 Å². The van der Waals surface area contributed by atoms with Gasteiger partial charge in [-0.25, -0.2) is 14.3 Å². The van der Waals surface area contributed by atoms with Gasteiger partial charge in [-0.3, -0.25) is 4.79 Å². The molecule has 4 rings (SSSR count). The Kier molecular flexibility index (Phi) is 7.80. The van der Waals surface area contributed by atoms with Crippen molar-refractivity contribution in [2.75, 3.05) is 25.0 Å². The molecule has 0 bridgehead atoms. The molecule has 202 valence electrons. The lowest BCUT2D eigenvalue weighted by atomic mass is 10.0. The predicted molar refractivity (Wildman–Crippen MR) is 137 cm³/mol. The molecule has 39 heavy (non-hydrogen) atoms. The molecule has 14 heteroatoms. The SMILES string of the molecule is CC(N/C=C(\C=N)c1cnn2c(-c3cccc(NC(=O)NCC(F)(F)F)c3)cnc2c1)C(=O)N1CC(C#N)C1. The lowest BCUT2D eigenvalue weighted by molar-refractivity contribution is -0.137. The molecule has 1 aromatic carbocycles. The fraction of sp³-hybridized carbons (Fsp3) is 0.280. The van der Waals surface area contributed by atoms with E-state index in [2.05, 4.69) is 26.8 Å². The third kappa shape index (κ3) is 6.50.